The summed E-state index contributed by atoms with van der Waals surface area (Å²) in [6.07, 6.45) is 1.98. The van der Waals surface area contributed by atoms with Crippen LogP contribution in [-0.2, 0) is 4.79 Å². The van der Waals surface area contributed by atoms with Crippen molar-refractivity contribution in [3.05, 3.63) is 108 Å². The molecule has 8 heteroatoms. The molecule has 3 heterocycles. The maximum atomic E-state index is 13.4. The van der Waals surface area contributed by atoms with Crippen molar-refractivity contribution in [2.75, 3.05) is 11.9 Å². The van der Waals surface area contributed by atoms with Gasteiger partial charge in [0.05, 0.1) is 11.7 Å². The van der Waals surface area contributed by atoms with E-state index in [4.69, 9.17) is 16.6 Å². The first-order chi connectivity index (χ1) is 17.5. The summed E-state index contributed by atoms with van der Waals surface area (Å²) in [4.78, 5) is 19.2. The maximum Gasteiger partial charge on any atom is 0.226 e. The van der Waals surface area contributed by atoms with E-state index in [2.05, 4.69) is 15.6 Å². The van der Waals surface area contributed by atoms with E-state index in [1.165, 1.54) is 12.1 Å². The number of nitrogens with zero attached hydrogens (tertiary/aromatic N) is 2. The molecule has 0 unspecified atom stereocenters. The Labute approximate surface area is 214 Å². The van der Waals surface area contributed by atoms with Gasteiger partial charge in [0.1, 0.15) is 23.4 Å². The number of carbonyl (C=O) groups is 1. The summed E-state index contributed by atoms with van der Waals surface area (Å²) in [6, 6.07) is 22.8. The summed E-state index contributed by atoms with van der Waals surface area (Å²) in [5.41, 5.74) is 3.43. The summed E-state index contributed by atoms with van der Waals surface area (Å²) in [5.74, 6) is 0.896. The Kier molecular flexibility index (Phi) is 6.77. The third-order valence-electron chi connectivity index (χ3n) is 6.13. The van der Waals surface area contributed by atoms with Crippen molar-refractivity contribution in [1.82, 2.24) is 15.2 Å². The average molecular weight is 501 g/mol. The van der Waals surface area contributed by atoms with Crippen LogP contribution in [0.1, 0.15) is 35.5 Å². The van der Waals surface area contributed by atoms with Gasteiger partial charge in [-0.1, -0.05) is 18.2 Å². The number of aryl methyl sites for hydroxylation is 1. The number of rotatable bonds is 7. The van der Waals surface area contributed by atoms with Gasteiger partial charge < -0.3 is 20.0 Å². The molecule has 1 saturated heterocycles. The Morgan fingerprint density at radius 1 is 1.11 bits per heavy atom. The van der Waals surface area contributed by atoms with E-state index in [0.29, 0.717) is 23.2 Å². The molecular weight excluding hydrogens is 475 g/mol. The molecule has 2 aromatic carbocycles. The number of anilines is 1. The summed E-state index contributed by atoms with van der Waals surface area (Å²) in [5, 5.41) is 6.84. The van der Waals surface area contributed by atoms with Crippen LogP contribution in [0.5, 0.6) is 0 Å². The van der Waals surface area contributed by atoms with Gasteiger partial charge in [0.15, 0.2) is 5.11 Å². The molecule has 1 amide bonds. The van der Waals surface area contributed by atoms with Crippen molar-refractivity contribution in [1.29, 1.82) is 0 Å². The molecule has 1 aliphatic rings. The molecule has 0 saturated carbocycles. The molecule has 36 heavy (non-hydrogen) atoms. The molecule has 0 bridgehead atoms. The molecule has 2 N–H and O–H groups in total. The number of benzene rings is 2. The Balaban J connectivity index is 1.39. The Morgan fingerprint density at radius 2 is 1.94 bits per heavy atom. The Hall–Kier alpha value is -4.04. The van der Waals surface area contributed by atoms with E-state index >= 15 is 0 Å². The second-order valence-electron chi connectivity index (χ2n) is 8.70. The zero-order valence-electron chi connectivity index (χ0n) is 19.6. The molecule has 0 aliphatic carbocycles. The van der Waals surface area contributed by atoms with Gasteiger partial charge in [-0.3, -0.25) is 9.78 Å². The minimum Gasteiger partial charge on any atom is -0.459 e. The smallest absolute Gasteiger partial charge is 0.226 e. The number of nitrogens with one attached hydrogen (secondary N) is 2. The van der Waals surface area contributed by atoms with E-state index in [1.54, 1.807) is 18.3 Å². The fourth-order valence-electron chi connectivity index (χ4n) is 4.40. The largest absolute Gasteiger partial charge is 0.459 e. The second-order valence-corrected chi connectivity index (χ2v) is 9.08. The highest BCUT2D eigenvalue weighted by Gasteiger charge is 2.41. The molecule has 4 aromatic rings. The topological polar surface area (TPSA) is 70.4 Å². The lowest BCUT2D eigenvalue weighted by atomic mass is 10.0. The summed E-state index contributed by atoms with van der Waals surface area (Å²) in [6.45, 7) is 2.37. The van der Waals surface area contributed by atoms with Crippen molar-refractivity contribution in [2.24, 2.45) is 0 Å². The van der Waals surface area contributed by atoms with Crippen molar-refractivity contribution in [3.8, 4) is 11.3 Å². The van der Waals surface area contributed by atoms with E-state index in [-0.39, 0.29) is 30.2 Å². The number of thiocarbonyl (C=S) groups is 1. The van der Waals surface area contributed by atoms with Crippen LogP contribution in [0.3, 0.4) is 0 Å². The normalized spacial score (nSPS) is 17.2. The van der Waals surface area contributed by atoms with Gasteiger partial charge >= 0.3 is 0 Å². The van der Waals surface area contributed by atoms with Crippen LogP contribution < -0.4 is 10.6 Å². The number of carbonyl (C=O) groups excluding carboxylic acids is 1. The van der Waals surface area contributed by atoms with Gasteiger partial charge in [0.25, 0.3) is 0 Å². The summed E-state index contributed by atoms with van der Waals surface area (Å²) >= 11 is 5.68. The number of pyridine rings is 1. The van der Waals surface area contributed by atoms with E-state index in [1.807, 2.05) is 66.4 Å². The van der Waals surface area contributed by atoms with E-state index in [0.717, 1.165) is 22.5 Å². The molecule has 1 aliphatic heterocycles. The van der Waals surface area contributed by atoms with Crippen LogP contribution in [0.25, 0.3) is 11.3 Å². The first kappa shape index (κ1) is 23.7. The van der Waals surface area contributed by atoms with Crippen LogP contribution >= 0.6 is 12.2 Å². The minimum absolute atomic E-state index is 0.102. The van der Waals surface area contributed by atoms with Gasteiger partial charge in [-0.05, 0) is 85.4 Å². The van der Waals surface area contributed by atoms with Gasteiger partial charge in [-0.25, -0.2) is 4.39 Å². The molecule has 2 aromatic heterocycles. The first-order valence-electron chi connectivity index (χ1n) is 11.7. The van der Waals surface area contributed by atoms with Gasteiger partial charge in [0.2, 0.25) is 5.91 Å². The van der Waals surface area contributed by atoms with Crippen LogP contribution in [0.15, 0.2) is 89.5 Å². The second kappa shape index (κ2) is 10.3. The van der Waals surface area contributed by atoms with Crippen LogP contribution in [0.2, 0.25) is 0 Å². The minimum atomic E-state index is -0.312. The molecule has 5 rings (SSSR count). The third kappa shape index (κ3) is 5.13. The number of hydrogen-bond acceptors (Lipinski definition) is 4. The number of hydrogen-bond donors (Lipinski definition) is 2. The lowest BCUT2D eigenvalue weighted by Crippen LogP contribution is -2.32. The number of amides is 1. The molecule has 182 valence electrons. The van der Waals surface area contributed by atoms with Crippen molar-refractivity contribution in [2.45, 2.75) is 25.4 Å². The number of halogens is 1. The SMILES string of the molecule is Cc1cccc(NC(=O)CCN2C(=S)N[C@H](c3ccccn3)[C@H]2c2ccc(-c3ccc(F)cc3)o2)c1. The molecule has 1 fully saturated rings. The monoisotopic (exact) mass is 500 g/mol. The quantitative estimate of drug-likeness (QED) is 0.313. The number of furan rings is 1. The van der Waals surface area contributed by atoms with Crippen molar-refractivity contribution >= 4 is 28.9 Å². The zero-order valence-corrected chi connectivity index (χ0v) is 20.5. The van der Waals surface area contributed by atoms with Crippen molar-refractivity contribution in [3.63, 3.8) is 0 Å². The highest BCUT2D eigenvalue weighted by Crippen LogP contribution is 2.40. The Bertz CT molecular complexity index is 1370. The molecule has 0 radical (unpaired) electrons. The average Bonchev–Trinajstić information content (AvgIpc) is 3.48. The fourth-order valence-corrected chi connectivity index (χ4v) is 4.74. The van der Waals surface area contributed by atoms with Crippen LogP contribution in [0.4, 0.5) is 10.1 Å². The van der Waals surface area contributed by atoms with Gasteiger partial charge in [-0.15, -0.1) is 0 Å². The van der Waals surface area contributed by atoms with Crippen molar-refractivity contribution < 1.29 is 13.6 Å². The number of aromatic nitrogens is 1. The van der Waals surface area contributed by atoms with Crippen LogP contribution in [0, 0.1) is 12.7 Å². The molecular formula is C28H25FN4O2S. The third-order valence-corrected chi connectivity index (χ3v) is 6.48. The lowest BCUT2D eigenvalue weighted by Gasteiger charge is -2.25. The lowest BCUT2D eigenvalue weighted by molar-refractivity contribution is -0.116. The van der Waals surface area contributed by atoms with E-state index < -0.39 is 0 Å². The highest BCUT2D eigenvalue weighted by atomic mass is 32.1. The predicted molar refractivity (Wildman–Crippen MR) is 141 cm³/mol. The van der Waals surface area contributed by atoms with Gasteiger partial charge in [-0.2, -0.15) is 0 Å². The maximum absolute atomic E-state index is 13.4. The standard InChI is InChI=1S/C28H25FN4O2S/c1-18-5-4-6-21(17-18)31-25(34)14-16-33-27(26(32-28(33)36)22-7-2-3-15-30-22)24-13-12-23(35-24)19-8-10-20(29)11-9-19/h2-13,15,17,26-27H,14,16H2,1H3,(H,31,34)(H,32,36)/t26-,27-/m1/s1. The summed E-state index contributed by atoms with van der Waals surface area (Å²) in [7, 11) is 0. The fraction of sp³-hybridized carbons (Fsp3) is 0.179. The van der Waals surface area contributed by atoms with E-state index in [9.17, 15) is 9.18 Å². The molecule has 0 spiro atoms. The van der Waals surface area contributed by atoms with Crippen LogP contribution in [-0.4, -0.2) is 27.4 Å². The molecule has 2 atom stereocenters. The predicted octanol–water partition coefficient (Wildman–Crippen LogP) is 5.79. The molecule has 6 nitrogen and oxygen atoms in total. The Morgan fingerprint density at radius 3 is 2.69 bits per heavy atom. The summed E-state index contributed by atoms with van der Waals surface area (Å²) < 4.78 is 19.6. The first-order valence-corrected chi connectivity index (χ1v) is 12.1. The highest BCUT2D eigenvalue weighted by molar-refractivity contribution is 7.80. The van der Waals surface area contributed by atoms with Gasteiger partial charge in [0, 0.05) is 30.4 Å². The zero-order chi connectivity index (χ0) is 25.1.